The lowest BCUT2D eigenvalue weighted by Gasteiger charge is -2.24. The number of allylic oxidation sites excluding steroid dienone is 3. The maximum Gasteiger partial charge on any atom is 0.210 e. The van der Waals surface area contributed by atoms with Gasteiger partial charge in [0.1, 0.15) is 7.05 Å². The number of benzene rings is 3. The minimum atomic E-state index is -0.0429. The molecule has 2 nitrogen and oxygen atoms in total. The zero-order chi connectivity index (χ0) is 23.7. The zero-order valence-corrected chi connectivity index (χ0v) is 21.1. The number of anilines is 1. The second-order valence-electron chi connectivity index (χ2n) is 9.99. The quantitative estimate of drug-likeness (QED) is 0.262. The van der Waals surface area contributed by atoms with Gasteiger partial charge in [0.2, 0.25) is 5.69 Å². The molecule has 1 unspecified atom stereocenters. The molecule has 3 aromatic rings. The largest absolute Gasteiger partial charge is 0.372 e. The first-order valence-corrected chi connectivity index (χ1v) is 12.9. The van der Waals surface area contributed by atoms with Crippen molar-refractivity contribution in [2.45, 2.75) is 51.9 Å². The Hall–Kier alpha value is -3.13. The summed E-state index contributed by atoms with van der Waals surface area (Å²) >= 11 is 0. The highest BCUT2D eigenvalue weighted by atomic mass is 15.1. The van der Waals surface area contributed by atoms with Crippen LogP contribution in [-0.4, -0.2) is 30.4 Å². The van der Waals surface area contributed by atoms with Gasteiger partial charge in [-0.1, -0.05) is 48.0 Å². The van der Waals surface area contributed by atoms with Crippen molar-refractivity contribution in [2.75, 3.05) is 25.0 Å². The van der Waals surface area contributed by atoms with E-state index in [2.05, 4.69) is 116 Å². The summed E-state index contributed by atoms with van der Waals surface area (Å²) in [6.07, 6.45) is 12.0. The molecule has 1 aliphatic heterocycles. The van der Waals surface area contributed by atoms with Gasteiger partial charge in [-0.25, -0.2) is 0 Å². The molecule has 1 heterocycles. The standard InChI is InChI=1S/C32H37N2/c1-5-34(6-2)27-19-15-24(16-20-27)17-22-30-32(3,23-25-11-7-8-12-25)31-28-14-10-9-13-26(28)18-21-29(31)33(30)4/h9-11,13-22H,5-8,12,23H2,1-4H3/q+1. The van der Waals surface area contributed by atoms with Crippen LogP contribution in [0.1, 0.15) is 57.6 Å². The average Bonchev–Trinajstić information content (AvgIpc) is 3.44. The molecule has 0 bridgehead atoms. The lowest BCUT2D eigenvalue weighted by Crippen LogP contribution is -2.31. The molecule has 0 saturated carbocycles. The molecule has 0 aromatic heterocycles. The Morgan fingerprint density at radius 2 is 1.71 bits per heavy atom. The van der Waals surface area contributed by atoms with E-state index in [0.717, 1.165) is 19.5 Å². The van der Waals surface area contributed by atoms with E-state index in [-0.39, 0.29) is 5.41 Å². The van der Waals surface area contributed by atoms with Crippen LogP contribution in [-0.2, 0) is 5.41 Å². The minimum absolute atomic E-state index is 0.0429. The van der Waals surface area contributed by atoms with Crippen LogP contribution in [0.4, 0.5) is 11.4 Å². The third kappa shape index (κ3) is 3.90. The molecule has 2 aliphatic rings. The van der Waals surface area contributed by atoms with E-state index < -0.39 is 0 Å². The fourth-order valence-electron chi connectivity index (χ4n) is 6.13. The first kappa shape index (κ1) is 22.7. The Morgan fingerprint density at radius 3 is 2.41 bits per heavy atom. The van der Waals surface area contributed by atoms with Crippen LogP contribution in [0.25, 0.3) is 16.8 Å². The molecule has 3 aromatic carbocycles. The van der Waals surface area contributed by atoms with E-state index >= 15 is 0 Å². The van der Waals surface area contributed by atoms with Gasteiger partial charge in [-0.3, -0.25) is 0 Å². The third-order valence-electron chi connectivity index (χ3n) is 7.92. The van der Waals surface area contributed by atoms with Crippen LogP contribution in [0.5, 0.6) is 0 Å². The predicted octanol–water partition coefficient (Wildman–Crippen LogP) is 7.89. The molecule has 0 radical (unpaired) electrons. The van der Waals surface area contributed by atoms with Crippen molar-refractivity contribution in [2.24, 2.45) is 0 Å². The zero-order valence-electron chi connectivity index (χ0n) is 21.1. The maximum atomic E-state index is 2.49. The predicted molar refractivity (Wildman–Crippen MR) is 148 cm³/mol. The topological polar surface area (TPSA) is 6.25 Å². The van der Waals surface area contributed by atoms with Gasteiger partial charge < -0.3 is 4.90 Å². The van der Waals surface area contributed by atoms with Crippen molar-refractivity contribution in [1.29, 1.82) is 0 Å². The summed E-state index contributed by atoms with van der Waals surface area (Å²) in [6, 6.07) is 22.5. The highest BCUT2D eigenvalue weighted by Crippen LogP contribution is 2.48. The second-order valence-corrected chi connectivity index (χ2v) is 9.99. The molecule has 0 saturated heterocycles. The van der Waals surface area contributed by atoms with Gasteiger partial charge in [-0.15, -0.1) is 0 Å². The van der Waals surface area contributed by atoms with Crippen molar-refractivity contribution in [3.63, 3.8) is 0 Å². The Kier molecular flexibility index (Phi) is 6.16. The highest BCUT2D eigenvalue weighted by molar-refractivity contribution is 6.09. The molecule has 0 amide bonds. The van der Waals surface area contributed by atoms with Crippen LogP contribution in [0.15, 0.2) is 78.4 Å². The van der Waals surface area contributed by atoms with Crippen LogP contribution >= 0.6 is 0 Å². The lowest BCUT2D eigenvalue weighted by atomic mass is 9.72. The summed E-state index contributed by atoms with van der Waals surface area (Å²) in [5.74, 6) is 0. The first-order chi connectivity index (χ1) is 16.5. The number of hydrogen-bond acceptors (Lipinski definition) is 1. The molecule has 0 N–H and O–H groups in total. The van der Waals surface area contributed by atoms with Crippen molar-refractivity contribution in [3.8, 4) is 0 Å². The minimum Gasteiger partial charge on any atom is -0.372 e. The van der Waals surface area contributed by atoms with E-state index in [0.29, 0.717) is 0 Å². The van der Waals surface area contributed by atoms with E-state index in [1.807, 2.05) is 0 Å². The summed E-state index contributed by atoms with van der Waals surface area (Å²) in [5.41, 5.74) is 8.34. The fourth-order valence-corrected chi connectivity index (χ4v) is 6.13. The van der Waals surface area contributed by atoms with Crippen molar-refractivity contribution >= 4 is 33.9 Å². The van der Waals surface area contributed by atoms with E-state index in [4.69, 9.17) is 0 Å². The van der Waals surface area contributed by atoms with Crippen LogP contribution < -0.4 is 4.90 Å². The Labute approximate surface area is 204 Å². The molecule has 5 rings (SSSR count). The van der Waals surface area contributed by atoms with Gasteiger partial charge in [0.15, 0.2) is 5.71 Å². The molecule has 1 atom stereocenters. The number of fused-ring (bicyclic) bond motifs is 3. The highest BCUT2D eigenvalue weighted by Gasteiger charge is 2.48. The Balaban J connectivity index is 1.56. The van der Waals surface area contributed by atoms with Crippen molar-refractivity contribution < 1.29 is 4.58 Å². The van der Waals surface area contributed by atoms with Crippen LogP contribution in [0, 0.1) is 0 Å². The Morgan fingerprint density at radius 1 is 0.941 bits per heavy atom. The Bertz CT molecular complexity index is 1290. The summed E-state index contributed by atoms with van der Waals surface area (Å²) in [4.78, 5) is 2.39. The van der Waals surface area contributed by atoms with Crippen LogP contribution in [0.2, 0.25) is 0 Å². The smallest absolute Gasteiger partial charge is 0.210 e. The van der Waals surface area contributed by atoms with E-state index in [9.17, 15) is 0 Å². The van der Waals surface area contributed by atoms with Crippen molar-refractivity contribution in [3.05, 3.63) is 89.5 Å². The number of nitrogens with zero attached hydrogens (tertiary/aromatic N) is 2. The van der Waals surface area contributed by atoms with Gasteiger partial charge in [0, 0.05) is 36.5 Å². The molecular weight excluding hydrogens is 412 g/mol. The maximum absolute atomic E-state index is 2.49. The lowest BCUT2D eigenvalue weighted by molar-refractivity contribution is -0.401. The fraction of sp³-hybridized carbons (Fsp3) is 0.344. The molecule has 0 spiro atoms. The monoisotopic (exact) mass is 449 g/mol. The molecular formula is C32H37N2+. The SMILES string of the molecule is CCN(CC)c1ccc(/C=C/C2=[N+](C)c3ccc4ccccc4c3C2(C)CC2=CCCC2)cc1. The van der Waals surface area contributed by atoms with Gasteiger partial charge in [-0.2, -0.15) is 4.58 Å². The summed E-state index contributed by atoms with van der Waals surface area (Å²) in [7, 11) is 2.24. The molecule has 34 heavy (non-hydrogen) atoms. The first-order valence-electron chi connectivity index (χ1n) is 12.9. The van der Waals surface area contributed by atoms with E-state index in [1.54, 1.807) is 5.57 Å². The second kappa shape index (κ2) is 9.25. The van der Waals surface area contributed by atoms with Crippen molar-refractivity contribution in [1.82, 2.24) is 0 Å². The molecule has 0 fully saturated rings. The molecule has 174 valence electrons. The summed E-state index contributed by atoms with van der Waals surface area (Å²) in [5, 5.41) is 2.72. The normalized spacial score (nSPS) is 19.8. The van der Waals surface area contributed by atoms with E-state index in [1.165, 1.54) is 58.2 Å². The van der Waals surface area contributed by atoms with Crippen LogP contribution in [0.3, 0.4) is 0 Å². The summed E-state index contributed by atoms with van der Waals surface area (Å²) in [6.45, 7) is 8.96. The van der Waals surface area contributed by atoms with Gasteiger partial charge >= 0.3 is 0 Å². The number of hydrogen-bond donors (Lipinski definition) is 0. The van der Waals surface area contributed by atoms with Gasteiger partial charge in [0.25, 0.3) is 0 Å². The number of rotatable bonds is 7. The van der Waals surface area contributed by atoms with Gasteiger partial charge in [0.05, 0.1) is 5.41 Å². The summed E-state index contributed by atoms with van der Waals surface area (Å²) < 4.78 is 2.43. The average molecular weight is 450 g/mol. The molecule has 1 aliphatic carbocycles. The van der Waals surface area contributed by atoms with Gasteiger partial charge in [-0.05, 0) is 87.1 Å². The molecule has 2 heteroatoms. The third-order valence-corrected chi connectivity index (χ3v) is 7.92.